The number of halogens is 3. The first-order chi connectivity index (χ1) is 15.6. The van der Waals surface area contributed by atoms with Crippen LogP contribution in [-0.4, -0.2) is 36.3 Å². The second-order valence-corrected chi connectivity index (χ2v) is 11.2. The summed E-state index contributed by atoms with van der Waals surface area (Å²) in [4.78, 5) is 3.80. The van der Waals surface area contributed by atoms with Crippen molar-refractivity contribution in [2.75, 3.05) is 4.72 Å². The van der Waals surface area contributed by atoms with Crippen LogP contribution in [0.5, 0.6) is 11.5 Å². The van der Waals surface area contributed by atoms with Gasteiger partial charge < -0.3 is 8.92 Å². The SMILES string of the molecule is CC(C)(C)S(=O)(=O)Nc1ncn(-c2cc(F)c(COc3ccc(OS(=O)(=O)F)cc3)c(F)c2)n1. The van der Waals surface area contributed by atoms with Gasteiger partial charge in [0.25, 0.3) is 5.95 Å². The Kier molecular flexibility index (Phi) is 6.80. The van der Waals surface area contributed by atoms with Crippen molar-refractivity contribution in [3.05, 3.63) is 59.9 Å². The maximum Gasteiger partial charge on any atom is 0.488 e. The lowest BCUT2D eigenvalue weighted by Crippen LogP contribution is -2.34. The van der Waals surface area contributed by atoms with Crippen LogP contribution in [0.4, 0.5) is 18.6 Å². The Morgan fingerprint density at radius 2 is 1.56 bits per heavy atom. The van der Waals surface area contributed by atoms with E-state index < -0.39 is 49.1 Å². The smallest absolute Gasteiger partial charge is 0.488 e. The summed E-state index contributed by atoms with van der Waals surface area (Å²) >= 11 is 0. The highest BCUT2D eigenvalue weighted by Crippen LogP contribution is 2.24. The van der Waals surface area contributed by atoms with Crippen molar-refractivity contribution in [3.8, 4) is 17.2 Å². The predicted molar refractivity (Wildman–Crippen MR) is 115 cm³/mol. The molecule has 0 saturated carbocycles. The third-order valence-corrected chi connectivity index (χ3v) is 6.77. The molecule has 0 amide bonds. The van der Waals surface area contributed by atoms with E-state index in [4.69, 9.17) is 4.74 Å². The van der Waals surface area contributed by atoms with Crippen LogP contribution in [0, 0.1) is 11.6 Å². The van der Waals surface area contributed by atoms with E-state index in [0.29, 0.717) is 0 Å². The Labute approximate surface area is 193 Å². The number of nitrogens with zero attached hydrogens (tertiary/aromatic N) is 3. The van der Waals surface area contributed by atoms with Gasteiger partial charge in [0.15, 0.2) is 0 Å². The van der Waals surface area contributed by atoms with E-state index in [9.17, 15) is 29.5 Å². The first kappa shape index (κ1) is 25.3. The summed E-state index contributed by atoms with van der Waals surface area (Å²) in [5.41, 5.74) is -0.467. The molecule has 3 aromatic rings. The largest absolute Gasteiger partial charge is 0.489 e. The maximum atomic E-state index is 14.6. The Hall–Kier alpha value is -3.33. The lowest BCUT2D eigenvalue weighted by Gasteiger charge is -2.18. The molecule has 0 fully saturated rings. The van der Waals surface area contributed by atoms with Gasteiger partial charge >= 0.3 is 10.5 Å². The number of rotatable bonds is 8. The highest BCUT2D eigenvalue weighted by atomic mass is 32.3. The fraction of sp³-hybridized carbons (Fsp3) is 0.263. The van der Waals surface area contributed by atoms with Gasteiger partial charge in [-0.2, -0.15) is 13.4 Å². The van der Waals surface area contributed by atoms with E-state index in [1.165, 1.54) is 32.9 Å². The van der Waals surface area contributed by atoms with E-state index >= 15 is 0 Å². The van der Waals surface area contributed by atoms with Gasteiger partial charge in [-0.25, -0.2) is 26.6 Å². The first-order valence-corrected chi connectivity index (χ1v) is 12.2. The second kappa shape index (κ2) is 9.13. The van der Waals surface area contributed by atoms with Crippen LogP contribution in [0.2, 0.25) is 0 Å². The van der Waals surface area contributed by atoms with Crippen LogP contribution < -0.4 is 13.6 Å². The van der Waals surface area contributed by atoms with Gasteiger partial charge in [0.2, 0.25) is 10.0 Å². The fourth-order valence-corrected chi connectivity index (χ4v) is 3.41. The van der Waals surface area contributed by atoms with Crippen molar-refractivity contribution in [2.24, 2.45) is 0 Å². The minimum Gasteiger partial charge on any atom is -0.489 e. The minimum absolute atomic E-state index is 0.0543. The molecule has 0 unspecified atom stereocenters. The molecule has 10 nitrogen and oxygen atoms in total. The van der Waals surface area contributed by atoms with E-state index in [0.717, 1.165) is 35.3 Å². The highest BCUT2D eigenvalue weighted by Gasteiger charge is 2.30. The zero-order valence-electron chi connectivity index (χ0n) is 18.0. The summed E-state index contributed by atoms with van der Waals surface area (Å²) in [6.07, 6.45) is 1.09. The van der Waals surface area contributed by atoms with Crippen molar-refractivity contribution in [3.63, 3.8) is 0 Å². The number of hydrogen-bond donors (Lipinski definition) is 1. The van der Waals surface area contributed by atoms with Crippen molar-refractivity contribution < 1.29 is 38.4 Å². The molecule has 1 heterocycles. The summed E-state index contributed by atoms with van der Waals surface area (Å²) < 4.78 is 98.3. The van der Waals surface area contributed by atoms with Crippen LogP contribution in [0.15, 0.2) is 42.7 Å². The van der Waals surface area contributed by atoms with Crippen molar-refractivity contribution >= 4 is 26.5 Å². The topological polar surface area (TPSA) is 129 Å². The van der Waals surface area contributed by atoms with Gasteiger partial charge in [-0.3, -0.25) is 0 Å². The number of aromatic nitrogens is 3. The Morgan fingerprint density at radius 1 is 1.00 bits per heavy atom. The van der Waals surface area contributed by atoms with E-state index in [-0.39, 0.29) is 23.1 Å². The van der Waals surface area contributed by atoms with Crippen LogP contribution >= 0.6 is 0 Å². The number of nitrogens with one attached hydrogen (secondary N) is 1. The van der Waals surface area contributed by atoms with E-state index in [2.05, 4.69) is 19.0 Å². The molecule has 34 heavy (non-hydrogen) atoms. The molecule has 0 radical (unpaired) electrons. The predicted octanol–water partition coefficient (Wildman–Crippen LogP) is 3.26. The van der Waals surface area contributed by atoms with E-state index in [1.807, 2.05) is 0 Å². The molecule has 15 heteroatoms. The standard InChI is InChI=1S/C19H19F3N4O6S2/c1-19(2,3)33(27,28)25-18-23-11-26(24-18)12-8-16(20)15(17(21)9-12)10-31-13-4-6-14(7-5-13)32-34(22,29)30/h4-9,11H,10H2,1-3H3,(H,24,25). The van der Waals surface area contributed by atoms with Crippen LogP contribution in [0.3, 0.4) is 0 Å². The minimum atomic E-state index is -5.18. The van der Waals surface area contributed by atoms with Gasteiger partial charge in [0.05, 0.1) is 16.0 Å². The van der Waals surface area contributed by atoms with Gasteiger partial charge in [0.1, 0.15) is 36.1 Å². The lowest BCUT2D eigenvalue weighted by atomic mass is 10.2. The van der Waals surface area contributed by atoms with Crippen LogP contribution in [0.1, 0.15) is 26.3 Å². The molecular weight excluding hydrogens is 501 g/mol. The van der Waals surface area contributed by atoms with Crippen molar-refractivity contribution in [1.82, 2.24) is 14.8 Å². The molecule has 0 saturated heterocycles. The summed E-state index contributed by atoms with van der Waals surface area (Å²) in [6.45, 7) is 3.92. The van der Waals surface area contributed by atoms with Gasteiger partial charge in [-0.15, -0.1) is 5.10 Å². The second-order valence-electron chi connectivity index (χ2n) is 7.86. The molecule has 0 bridgehead atoms. The van der Waals surface area contributed by atoms with Crippen molar-refractivity contribution in [2.45, 2.75) is 32.1 Å². The number of sulfonamides is 1. The Bertz CT molecular complexity index is 1380. The molecule has 0 aliphatic heterocycles. The van der Waals surface area contributed by atoms with Gasteiger partial charge in [0, 0.05) is 12.1 Å². The maximum absolute atomic E-state index is 14.6. The zero-order chi connectivity index (χ0) is 25.3. The summed E-state index contributed by atoms with van der Waals surface area (Å²) in [7, 11) is -8.98. The molecule has 0 aliphatic rings. The zero-order valence-corrected chi connectivity index (χ0v) is 19.6. The third-order valence-electron chi connectivity index (χ3n) is 4.32. The number of anilines is 1. The normalized spacial score (nSPS) is 12.4. The Morgan fingerprint density at radius 3 is 2.09 bits per heavy atom. The molecule has 2 aromatic carbocycles. The average Bonchev–Trinajstić information content (AvgIpc) is 3.14. The molecule has 184 valence electrons. The number of benzene rings is 2. The molecule has 0 spiro atoms. The summed E-state index contributed by atoms with van der Waals surface area (Å²) in [5, 5.41) is 3.89. The molecule has 1 N–H and O–H groups in total. The fourth-order valence-electron chi connectivity index (χ4n) is 2.43. The van der Waals surface area contributed by atoms with Crippen molar-refractivity contribution in [1.29, 1.82) is 0 Å². The van der Waals surface area contributed by atoms with Gasteiger partial charge in [-0.05, 0) is 45.0 Å². The average molecular weight is 521 g/mol. The van der Waals surface area contributed by atoms with Crippen LogP contribution in [-0.2, 0) is 27.1 Å². The third kappa shape index (κ3) is 6.17. The molecule has 3 rings (SSSR count). The van der Waals surface area contributed by atoms with E-state index in [1.54, 1.807) is 0 Å². The summed E-state index contributed by atoms with van der Waals surface area (Å²) in [6, 6.07) is 6.56. The van der Waals surface area contributed by atoms with Crippen LogP contribution in [0.25, 0.3) is 5.69 Å². The molecular formula is C19H19F3N4O6S2. The highest BCUT2D eigenvalue weighted by molar-refractivity contribution is 7.94. The Balaban J connectivity index is 1.73. The molecule has 1 aromatic heterocycles. The monoisotopic (exact) mass is 520 g/mol. The quantitative estimate of drug-likeness (QED) is 0.448. The lowest BCUT2D eigenvalue weighted by molar-refractivity contribution is 0.292. The molecule has 0 aliphatic carbocycles. The number of ether oxygens (including phenoxy) is 1. The molecule has 0 atom stereocenters. The number of hydrogen-bond acceptors (Lipinski definition) is 8. The first-order valence-electron chi connectivity index (χ1n) is 9.44. The summed E-state index contributed by atoms with van der Waals surface area (Å²) in [5.74, 6) is -2.40. The van der Waals surface area contributed by atoms with Gasteiger partial charge in [-0.1, -0.05) is 3.89 Å².